The molecule has 0 unspecified atom stereocenters. The summed E-state index contributed by atoms with van der Waals surface area (Å²) in [4.78, 5) is 0. The molecule has 0 bridgehead atoms. The number of rotatable bonds is 0. The van der Waals surface area contributed by atoms with Crippen molar-refractivity contribution in [1.29, 1.82) is 0 Å². The molecule has 0 radical (unpaired) electrons. The molecule has 2 heteroatoms. The van der Waals surface area contributed by atoms with Gasteiger partial charge >= 0.3 is 0 Å². The van der Waals surface area contributed by atoms with Crippen molar-refractivity contribution in [3.63, 3.8) is 0 Å². The van der Waals surface area contributed by atoms with Gasteiger partial charge in [-0.25, -0.2) is 0 Å². The maximum atomic E-state index is 5.03. The van der Waals surface area contributed by atoms with Gasteiger partial charge in [-0.2, -0.15) is 0 Å². The van der Waals surface area contributed by atoms with E-state index in [0.29, 0.717) is 0 Å². The highest BCUT2D eigenvalue weighted by Crippen LogP contribution is 2.09. The zero-order chi connectivity index (χ0) is 6.85. The molecule has 0 saturated carbocycles. The van der Waals surface area contributed by atoms with E-state index in [1.165, 1.54) is 11.1 Å². The minimum atomic E-state index is 1.00. The highest BCUT2D eigenvalue weighted by Gasteiger charge is 1.87. The highest BCUT2D eigenvalue weighted by molar-refractivity contribution is 7.73. The van der Waals surface area contributed by atoms with Gasteiger partial charge in [-0.05, 0) is 30.4 Å². The summed E-state index contributed by atoms with van der Waals surface area (Å²) >= 11 is 6.67. The lowest BCUT2D eigenvalue weighted by Crippen LogP contribution is -1.71. The molecule has 0 aliphatic carbocycles. The molecule has 1 aromatic rings. The standard InChI is InChI=1S/C7H8S2/c1-5-3-6(2)7(8)9-4-5/h3-4H,1-2H3. The Balaban J connectivity index is 3.34. The van der Waals surface area contributed by atoms with E-state index in [1.807, 2.05) is 6.92 Å². The van der Waals surface area contributed by atoms with E-state index in [-0.39, 0.29) is 0 Å². The lowest BCUT2D eigenvalue weighted by Gasteiger charge is -1.91. The summed E-state index contributed by atoms with van der Waals surface area (Å²) < 4.78 is 1.00. The first kappa shape index (κ1) is 6.90. The van der Waals surface area contributed by atoms with Crippen molar-refractivity contribution in [2.24, 2.45) is 0 Å². The van der Waals surface area contributed by atoms with Crippen LogP contribution in [0.2, 0.25) is 0 Å². The molecule has 9 heavy (non-hydrogen) atoms. The summed E-state index contributed by atoms with van der Waals surface area (Å²) in [5.41, 5.74) is 2.51. The van der Waals surface area contributed by atoms with E-state index >= 15 is 0 Å². The first-order valence-corrected chi connectivity index (χ1v) is 4.05. The topological polar surface area (TPSA) is 0 Å². The Morgan fingerprint density at radius 3 is 2.56 bits per heavy atom. The predicted molar refractivity (Wildman–Crippen MR) is 44.6 cm³/mol. The van der Waals surface area contributed by atoms with Crippen LogP contribution in [0.1, 0.15) is 11.1 Å². The van der Waals surface area contributed by atoms with Crippen molar-refractivity contribution in [1.82, 2.24) is 0 Å². The Bertz CT molecular complexity index is 260. The quantitative estimate of drug-likeness (QED) is 0.520. The Hall–Kier alpha value is -0.210. The first-order chi connectivity index (χ1) is 4.20. The monoisotopic (exact) mass is 156 g/mol. The van der Waals surface area contributed by atoms with E-state index < -0.39 is 0 Å². The second kappa shape index (κ2) is 2.58. The van der Waals surface area contributed by atoms with Crippen LogP contribution in [0, 0.1) is 17.7 Å². The molecule has 0 fully saturated rings. The van der Waals surface area contributed by atoms with E-state index in [1.54, 1.807) is 11.3 Å². The van der Waals surface area contributed by atoms with Crippen LogP contribution in [0.25, 0.3) is 0 Å². The van der Waals surface area contributed by atoms with Crippen LogP contribution >= 0.6 is 23.6 Å². The molecule has 0 aliphatic heterocycles. The molecule has 0 amide bonds. The molecule has 0 spiro atoms. The maximum Gasteiger partial charge on any atom is 0.0928 e. The third-order valence-corrected chi connectivity index (χ3v) is 2.75. The van der Waals surface area contributed by atoms with Gasteiger partial charge in [0.05, 0.1) is 3.82 Å². The predicted octanol–water partition coefficient (Wildman–Crippen LogP) is 3.09. The summed E-state index contributed by atoms with van der Waals surface area (Å²) in [6.07, 6.45) is 0. The smallest absolute Gasteiger partial charge is 0.0928 e. The molecule has 0 aliphatic rings. The van der Waals surface area contributed by atoms with Gasteiger partial charge in [-0.1, -0.05) is 18.3 Å². The van der Waals surface area contributed by atoms with Crippen molar-refractivity contribution in [3.8, 4) is 0 Å². The molecule has 1 rings (SSSR count). The third-order valence-electron chi connectivity index (χ3n) is 1.12. The normalized spacial score (nSPS) is 9.56. The van der Waals surface area contributed by atoms with Crippen molar-refractivity contribution in [2.45, 2.75) is 13.8 Å². The van der Waals surface area contributed by atoms with Gasteiger partial charge in [0.1, 0.15) is 0 Å². The molecular weight excluding hydrogens is 148 g/mol. The molecule has 1 aromatic heterocycles. The zero-order valence-corrected chi connectivity index (χ0v) is 7.10. The van der Waals surface area contributed by atoms with E-state index in [4.69, 9.17) is 12.2 Å². The maximum absolute atomic E-state index is 5.03. The largest absolute Gasteiger partial charge is 0.132 e. The van der Waals surface area contributed by atoms with Crippen molar-refractivity contribution >= 4 is 23.6 Å². The average Bonchev–Trinajstić information content (AvgIpc) is 1.80. The lowest BCUT2D eigenvalue weighted by atomic mass is 10.3. The van der Waals surface area contributed by atoms with Crippen LogP contribution in [0.4, 0.5) is 0 Å². The van der Waals surface area contributed by atoms with E-state index in [9.17, 15) is 0 Å². The van der Waals surface area contributed by atoms with E-state index in [2.05, 4.69) is 18.4 Å². The molecule has 1 heterocycles. The molecule has 0 aromatic carbocycles. The minimum Gasteiger partial charge on any atom is -0.132 e. The molecule has 0 nitrogen and oxygen atoms in total. The van der Waals surface area contributed by atoms with Crippen LogP contribution < -0.4 is 0 Å². The summed E-state index contributed by atoms with van der Waals surface area (Å²) in [6, 6.07) is 2.11. The number of hydrogen-bond donors (Lipinski definition) is 0. The molecule has 48 valence electrons. The fraction of sp³-hybridized carbons (Fsp3) is 0.286. The number of aryl methyl sites for hydroxylation is 2. The van der Waals surface area contributed by atoms with Crippen LogP contribution in [-0.4, -0.2) is 0 Å². The Labute approximate surface area is 64.2 Å². The summed E-state index contributed by atoms with van der Waals surface area (Å²) in [5, 5.41) is 2.08. The SMILES string of the molecule is Cc1csc(=S)c(C)c1. The fourth-order valence-corrected chi connectivity index (χ4v) is 1.48. The average molecular weight is 156 g/mol. The third kappa shape index (κ3) is 1.60. The van der Waals surface area contributed by atoms with Gasteiger partial charge in [0.15, 0.2) is 0 Å². The summed E-state index contributed by atoms with van der Waals surface area (Å²) in [7, 11) is 0. The lowest BCUT2D eigenvalue weighted by molar-refractivity contribution is 1.43. The highest BCUT2D eigenvalue weighted by atomic mass is 32.1. The number of hydrogen-bond acceptors (Lipinski definition) is 2. The fourth-order valence-electron chi connectivity index (χ4n) is 0.674. The van der Waals surface area contributed by atoms with Crippen LogP contribution in [0.15, 0.2) is 11.4 Å². The van der Waals surface area contributed by atoms with Crippen molar-refractivity contribution in [2.75, 3.05) is 0 Å². The molecule has 0 N–H and O–H groups in total. The van der Waals surface area contributed by atoms with Gasteiger partial charge in [-0.3, -0.25) is 0 Å². The molecule has 0 saturated heterocycles. The van der Waals surface area contributed by atoms with E-state index in [0.717, 1.165) is 3.82 Å². The second-order valence-corrected chi connectivity index (χ2v) is 3.64. The van der Waals surface area contributed by atoms with Crippen molar-refractivity contribution < 1.29 is 0 Å². The zero-order valence-electron chi connectivity index (χ0n) is 5.47. The van der Waals surface area contributed by atoms with Gasteiger partial charge in [0.2, 0.25) is 0 Å². The summed E-state index contributed by atoms with van der Waals surface area (Å²) in [5.74, 6) is 0. The van der Waals surface area contributed by atoms with Gasteiger partial charge in [0, 0.05) is 0 Å². The van der Waals surface area contributed by atoms with Crippen LogP contribution in [0.5, 0.6) is 0 Å². The Morgan fingerprint density at radius 1 is 1.44 bits per heavy atom. The summed E-state index contributed by atoms with van der Waals surface area (Å²) in [6.45, 7) is 4.13. The Kier molecular flexibility index (Phi) is 1.98. The minimum absolute atomic E-state index is 1.00. The first-order valence-electron chi connectivity index (χ1n) is 2.76. The van der Waals surface area contributed by atoms with Crippen LogP contribution in [0.3, 0.4) is 0 Å². The Morgan fingerprint density at radius 2 is 2.11 bits per heavy atom. The van der Waals surface area contributed by atoms with Gasteiger partial charge in [-0.15, -0.1) is 11.3 Å². The van der Waals surface area contributed by atoms with Gasteiger partial charge in [0.25, 0.3) is 0 Å². The molecular formula is C7H8S2. The van der Waals surface area contributed by atoms with Crippen LogP contribution in [-0.2, 0) is 0 Å². The second-order valence-electron chi connectivity index (χ2n) is 2.09. The van der Waals surface area contributed by atoms with Crippen molar-refractivity contribution in [3.05, 3.63) is 26.4 Å². The van der Waals surface area contributed by atoms with Gasteiger partial charge < -0.3 is 0 Å². The molecule has 0 atom stereocenters.